The minimum absolute atomic E-state index is 0.203. The van der Waals surface area contributed by atoms with Crippen molar-refractivity contribution in [1.82, 2.24) is 25.1 Å². The third-order valence-electron chi connectivity index (χ3n) is 5.76. The zero-order valence-electron chi connectivity index (χ0n) is 20.9. The highest BCUT2D eigenvalue weighted by Crippen LogP contribution is 2.32. The molecule has 0 aliphatic carbocycles. The Morgan fingerprint density at radius 2 is 1.87 bits per heavy atom. The first-order valence-corrected chi connectivity index (χ1v) is 14.2. The molecule has 0 radical (unpaired) electrons. The number of amides is 1. The highest BCUT2D eigenvalue weighted by Gasteiger charge is 2.31. The van der Waals surface area contributed by atoms with Crippen LogP contribution in [0.4, 0.5) is 13.2 Å². The van der Waals surface area contributed by atoms with Gasteiger partial charge in [0.15, 0.2) is 5.16 Å². The predicted octanol–water partition coefficient (Wildman–Crippen LogP) is 6.94. The molecule has 4 rings (SSSR count). The number of unbranched alkanes of at least 4 members (excludes halogenated alkanes) is 3. The van der Waals surface area contributed by atoms with Crippen molar-refractivity contribution < 1.29 is 18.0 Å². The number of carbonyl (C=O) groups excluding carboxylic acids is 1. The second-order valence-electron chi connectivity index (χ2n) is 8.68. The molecule has 0 atom stereocenters. The van der Waals surface area contributed by atoms with Crippen molar-refractivity contribution in [3.63, 3.8) is 0 Å². The van der Waals surface area contributed by atoms with Crippen LogP contribution in [0.25, 0.3) is 5.69 Å². The highest BCUT2D eigenvalue weighted by molar-refractivity contribution is 7.98. The number of aromatic nitrogens is 4. The van der Waals surface area contributed by atoms with E-state index in [2.05, 4.69) is 27.4 Å². The van der Waals surface area contributed by atoms with Gasteiger partial charge >= 0.3 is 6.18 Å². The van der Waals surface area contributed by atoms with Crippen molar-refractivity contribution in [2.75, 3.05) is 6.54 Å². The van der Waals surface area contributed by atoms with Crippen LogP contribution in [0.15, 0.2) is 65.1 Å². The van der Waals surface area contributed by atoms with E-state index in [1.165, 1.54) is 29.2 Å². The maximum absolute atomic E-state index is 13.4. The van der Waals surface area contributed by atoms with Crippen LogP contribution in [0.5, 0.6) is 0 Å². The van der Waals surface area contributed by atoms with Crippen molar-refractivity contribution in [2.24, 2.45) is 0 Å². The fraction of sp³-hybridized carbons (Fsp3) is 0.333. The molecule has 0 fully saturated rings. The van der Waals surface area contributed by atoms with Gasteiger partial charge in [0.2, 0.25) is 0 Å². The summed E-state index contributed by atoms with van der Waals surface area (Å²) in [6.45, 7) is 2.75. The van der Waals surface area contributed by atoms with E-state index in [0.717, 1.165) is 43.4 Å². The van der Waals surface area contributed by atoms with Gasteiger partial charge in [0.1, 0.15) is 16.5 Å². The average Bonchev–Trinajstić information content (AvgIpc) is 3.54. The summed E-state index contributed by atoms with van der Waals surface area (Å²) >= 11 is 2.68. The quantitative estimate of drug-likeness (QED) is 0.150. The van der Waals surface area contributed by atoms with Crippen molar-refractivity contribution in [1.29, 1.82) is 0 Å². The van der Waals surface area contributed by atoms with Gasteiger partial charge in [0, 0.05) is 18.3 Å². The minimum atomic E-state index is -4.47. The number of carbonyl (C=O) groups is 1. The lowest BCUT2D eigenvalue weighted by atomic mass is 10.1. The molecule has 0 aliphatic heterocycles. The van der Waals surface area contributed by atoms with E-state index in [1.54, 1.807) is 16.0 Å². The number of hydrogen-bond acceptors (Lipinski definition) is 6. The van der Waals surface area contributed by atoms with Gasteiger partial charge in [0.05, 0.1) is 17.0 Å². The molecule has 0 saturated heterocycles. The molecule has 0 unspecified atom stereocenters. The molecular weight excluding hydrogens is 531 g/mol. The minimum Gasteiger partial charge on any atom is -0.351 e. The smallest absolute Gasteiger partial charge is 0.351 e. The van der Waals surface area contributed by atoms with Gasteiger partial charge < -0.3 is 5.32 Å². The second-order valence-corrected chi connectivity index (χ2v) is 10.6. The molecule has 0 spiro atoms. The first-order valence-electron chi connectivity index (χ1n) is 12.4. The molecule has 2 aromatic heterocycles. The Labute approximate surface area is 227 Å². The zero-order valence-corrected chi connectivity index (χ0v) is 22.5. The molecule has 0 bridgehead atoms. The van der Waals surface area contributed by atoms with Gasteiger partial charge in [-0.1, -0.05) is 74.3 Å². The van der Waals surface area contributed by atoms with E-state index in [0.29, 0.717) is 46.1 Å². The van der Waals surface area contributed by atoms with E-state index in [9.17, 15) is 18.0 Å². The molecule has 38 heavy (non-hydrogen) atoms. The lowest BCUT2D eigenvalue weighted by Gasteiger charge is -2.13. The Morgan fingerprint density at radius 1 is 1.05 bits per heavy atom. The molecule has 6 nitrogen and oxygen atoms in total. The summed E-state index contributed by atoms with van der Waals surface area (Å²) in [7, 11) is 0. The van der Waals surface area contributed by atoms with Crippen LogP contribution in [0, 0.1) is 0 Å². The molecule has 200 valence electrons. The molecule has 1 N–H and O–H groups in total. The fourth-order valence-corrected chi connectivity index (χ4v) is 5.58. The van der Waals surface area contributed by atoms with Crippen LogP contribution in [0.3, 0.4) is 0 Å². The summed E-state index contributed by atoms with van der Waals surface area (Å²) < 4.78 is 42.0. The van der Waals surface area contributed by atoms with Crippen LogP contribution in [0.1, 0.15) is 65.1 Å². The van der Waals surface area contributed by atoms with Crippen molar-refractivity contribution >= 4 is 29.0 Å². The summed E-state index contributed by atoms with van der Waals surface area (Å²) in [5.74, 6) is 0.725. The van der Waals surface area contributed by atoms with Crippen LogP contribution < -0.4 is 5.32 Å². The predicted molar refractivity (Wildman–Crippen MR) is 144 cm³/mol. The molecule has 0 saturated carbocycles. The Balaban J connectivity index is 1.51. The number of benzene rings is 2. The van der Waals surface area contributed by atoms with E-state index in [4.69, 9.17) is 0 Å². The molecule has 2 heterocycles. The van der Waals surface area contributed by atoms with Crippen LogP contribution in [-0.2, 0) is 18.3 Å². The number of rotatable bonds is 12. The number of thiazole rings is 1. The Bertz CT molecular complexity index is 1340. The van der Waals surface area contributed by atoms with E-state index in [-0.39, 0.29) is 5.91 Å². The number of alkyl halides is 3. The maximum atomic E-state index is 13.4. The molecule has 11 heteroatoms. The van der Waals surface area contributed by atoms with Gasteiger partial charge in [0.25, 0.3) is 5.91 Å². The number of halogens is 3. The zero-order chi connectivity index (χ0) is 27.0. The Morgan fingerprint density at radius 3 is 2.63 bits per heavy atom. The third kappa shape index (κ3) is 7.44. The molecule has 2 aromatic carbocycles. The first-order chi connectivity index (χ1) is 18.3. The maximum Gasteiger partial charge on any atom is 0.416 e. The van der Waals surface area contributed by atoms with Crippen molar-refractivity contribution in [3.8, 4) is 5.69 Å². The number of hydrogen-bond donors (Lipinski definition) is 1. The Kier molecular flexibility index (Phi) is 9.57. The summed E-state index contributed by atoms with van der Waals surface area (Å²) in [6.07, 6.45) is 0.231. The van der Waals surface area contributed by atoms with Crippen LogP contribution in [0.2, 0.25) is 0 Å². The fourth-order valence-electron chi connectivity index (χ4n) is 3.82. The number of nitrogens with zero attached hydrogens (tertiary/aromatic N) is 4. The summed E-state index contributed by atoms with van der Waals surface area (Å²) in [5, 5.41) is 14.4. The van der Waals surface area contributed by atoms with E-state index < -0.39 is 11.7 Å². The van der Waals surface area contributed by atoms with Crippen molar-refractivity contribution in [2.45, 2.75) is 56.1 Å². The highest BCUT2D eigenvalue weighted by atomic mass is 32.2. The van der Waals surface area contributed by atoms with Gasteiger partial charge in [-0.3, -0.25) is 9.36 Å². The summed E-state index contributed by atoms with van der Waals surface area (Å²) in [6, 6.07) is 14.7. The first kappa shape index (κ1) is 27.8. The van der Waals surface area contributed by atoms with Gasteiger partial charge in [-0.2, -0.15) is 13.2 Å². The van der Waals surface area contributed by atoms with Gasteiger partial charge in [-0.25, -0.2) is 4.98 Å². The summed E-state index contributed by atoms with van der Waals surface area (Å²) in [5.41, 5.74) is 0.927. The topological polar surface area (TPSA) is 72.7 Å². The van der Waals surface area contributed by atoms with Crippen LogP contribution in [-0.4, -0.2) is 32.2 Å². The van der Waals surface area contributed by atoms with Gasteiger partial charge in [-0.15, -0.1) is 21.5 Å². The average molecular weight is 560 g/mol. The monoisotopic (exact) mass is 559 g/mol. The molecule has 0 aliphatic rings. The molecular formula is C27H28F3N5OS2. The molecule has 4 aromatic rings. The van der Waals surface area contributed by atoms with Gasteiger partial charge in [-0.05, 0) is 30.2 Å². The number of nitrogens with one attached hydrogen (secondary N) is 1. The van der Waals surface area contributed by atoms with E-state index >= 15 is 0 Å². The lowest BCUT2D eigenvalue weighted by Crippen LogP contribution is -2.24. The van der Waals surface area contributed by atoms with Crippen molar-refractivity contribution in [3.05, 3.63) is 87.6 Å². The number of thioether (sulfide) groups is 1. The third-order valence-corrected chi connectivity index (χ3v) is 7.73. The van der Waals surface area contributed by atoms with E-state index in [1.807, 2.05) is 30.3 Å². The molecule has 1 amide bonds. The normalized spacial score (nSPS) is 11.6. The standard InChI is InChI=1S/C27H28F3N5OS2/c1-2-3-4-8-14-31-25(36)22-17-37-24(32-22)18-38-26-34-33-23(15-19-10-6-5-7-11-19)35(26)21-13-9-12-20(16-21)27(28,29)30/h5-7,9-13,16-17H,2-4,8,14-15,18H2,1H3,(H,31,36). The van der Waals surface area contributed by atoms with Crippen LogP contribution >= 0.6 is 23.1 Å². The Hall–Kier alpha value is -3.18. The lowest BCUT2D eigenvalue weighted by molar-refractivity contribution is -0.137. The SMILES string of the molecule is CCCCCCNC(=O)c1csc(CSc2nnc(Cc3ccccc3)n2-c2cccc(C(F)(F)F)c2)n1. The second kappa shape index (κ2) is 13.1. The largest absolute Gasteiger partial charge is 0.416 e. The summed E-state index contributed by atoms with van der Waals surface area (Å²) in [4.78, 5) is 16.8.